The van der Waals surface area contributed by atoms with E-state index in [1.54, 1.807) is 37.3 Å². The van der Waals surface area contributed by atoms with Gasteiger partial charge in [0.2, 0.25) is 0 Å². The third-order valence-corrected chi connectivity index (χ3v) is 7.26. The number of hydrogen-bond donors (Lipinski definition) is 1. The zero-order chi connectivity index (χ0) is 20.3. The highest BCUT2D eigenvalue weighted by Crippen LogP contribution is 2.34. The van der Waals surface area contributed by atoms with E-state index in [4.69, 9.17) is 4.74 Å². The minimum absolute atomic E-state index is 0.0426. The molecule has 0 bridgehead atoms. The van der Waals surface area contributed by atoms with Crippen LogP contribution in [0.4, 0.5) is 0 Å². The summed E-state index contributed by atoms with van der Waals surface area (Å²) in [6, 6.07) is 15.6. The van der Waals surface area contributed by atoms with Crippen LogP contribution < -0.4 is 4.74 Å². The van der Waals surface area contributed by atoms with Gasteiger partial charge in [0.05, 0.1) is 17.3 Å². The smallest absolute Gasteiger partial charge is 0.346 e. The number of thiophene rings is 1. The Kier molecular flexibility index (Phi) is 5.86. The maximum Gasteiger partial charge on any atom is 0.346 e. The van der Waals surface area contributed by atoms with E-state index in [1.807, 2.05) is 31.2 Å². The summed E-state index contributed by atoms with van der Waals surface area (Å²) >= 11 is 1.08. The Labute approximate surface area is 168 Å². The molecule has 5 nitrogen and oxygen atoms in total. The molecule has 1 heterocycles. The van der Waals surface area contributed by atoms with Crippen molar-refractivity contribution >= 4 is 27.1 Å². The maximum absolute atomic E-state index is 12.9. The zero-order valence-corrected chi connectivity index (χ0v) is 17.1. The fourth-order valence-corrected chi connectivity index (χ4v) is 5.68. The van der Waals surface area contributed by atoms with Crippen molar-refractivity contribution in [3.05, 3.63) is 70.6 Å². The molecule has 28 heavy (non-hydrogen) atoms. The number of aromatic carboxylic acids is 1. The summed E-state index contributed by atoms with van der Waals surface area (Å²) < 4.78 is 31.1. The van der Waals surface area contributed by atoms with Crippen molar-refractivity contribution in [3.8, 4) is 16.2 Å². The Morgan fingerprint density at radius 2 is 1.79 bits per heavy atom. The third kappa shape index (κ3) is 4.26. The molecule has 0 radical (unpaired) electrons. The Bertz CT molecular complexity index is 1100. The number of aryl methyl sites for hydroxylation is 1. The molecule has 0 aliphatic carbocycles. The van der Waals surface area contributed by atoms with Gasteiger partial charge in [0.1, 0.15) is 10.6 Å². The predicted octanol–water partition coefficient (Wildman–Crippen LogP) is 4.79. The van der Waals surface area contributed by atoms with Crippen molar-refractivity contribution in [1.29, 1.82) is 0 Å². The van der Waals surface area contributed by atoms with E-state index < -0.39 is 15.8 Å². The summed E-state index contributed by atoms with van der Waals surface area (Å²) in [5.74, 6) is -0.756. The van der Waals surface area contributed by atoms with Crippen molar-refractivity contribution in [2.24, 2.45) is 0 Å². The van der Waals surface area contributed by atoms with Crippen LogP contribution in [0.1, 0.15) is 27.7 Å². The lowest BCUT2D eigenvalue weighted by molar-refractivity contribution is 0.0701. The molecule has 2 aromatic carbocycles. The van der Waals surface area contributed by atoms with Gasteiger partial charge < -0.3 is 9.84 Å². The molecular formula is C21H20O5S2. The summed E-state index contributed by atoms with van der Waals surface area (Å²) in [5.41, 5.74) is 1.75. The molecular weight excluding hydrogens is 396 g/mol. The average Bonchev–Trinajstić information content (AvgIpc) is 3.06. The normalized spacial score (nSPS) is 11.4. The highest BCUT2D eigenvalue weighted by atomic mass is 32.2. The Morgan fingerprint density at radius 1 is 1.11 bits per heavy atom. The molecule has 0 aliphatic heterocycles. The van der Waals surface area contributed by atoms with Gasteiger partial charge in [0.15, 0.2) is 9.84 Å². The predicted molar refractivity (Wildman–Crippen MR) is 110 cm³/mol. The van der Waals surface area contributed by atoms with E-state index in [0.717, 1.165) is 22.6 Å². The first kappa shape index (κ1) is 20.1. The average molecular weight is 417 g/mol. The largest absolute Gasteiger partial charge is 0.494 e. The summed E-state index contributed by atoms with van der Waals surface area (Å²) in [4.78, 5) is 12.7. The van der Waals surface area contributed by atoms with Crippen LogP contribution in [0.5, 0.6) is 5.75 Å². The van der Waals surface area contributed by atoms with Crippen molar-refractivity contribution in [2.45, 2.75) is 24.5 Å². The van der Waals surface area contributed by atoms with Gasteiger partial charge in [-0.05, 0) is 66.9 Å². The monoisotopic (exact) mass is 416 g/mol. The standard InChI is InChI=1S/C21H20O5S2/c1-3-26-17-10-8-15(9-11-17)18-12-16(20(27-18)21(22)23)13-28(24,25)19-7-5-4-6-14(19)2/h4-12H,3,13H2,1-2H3,(H,22,23). The highest BCUT2D eigenvalue weighted by molar-refractivity contribution is 7.90. The number of carboxylic acids is 1. The van der Waals surface area contributed by atoms with Crippen molar-refractivity contribution < 1.29 is 23.1 Å². The number of carboxylic acid groups (broad SMARTS) is 1. The van der Waals surface area contributed by atoms with Crippen LogP contribution in [0, 0.1) is 6.92 Å². The van der Waals surface area contributed by atoms with Gasteiger partial charge in [-0.3, -0.25) is 0 Å². The molecule has 0 atom stereocenters. The Hall–Kier alpha value is -2.64. The highest BCUT2D eigenvalue weighted by Gasteiger charge is 2.24. The number of ether oxygens (including phenoxy) is 1. The minimum atomic E-state index is -3.66. The summed E-state index contributed by atoms with van der Waals surface area (Å²) in [5, 5.41) is 9.56. The van der Waals surface area contributed by atoms with E-state index in [2.05, 4.69) is 0 Å². The van der Waals surface area contributed by atoms with Crippen molar-refractivity contribution in [3.63, 3.8) is 0 Å². The third-order valence-electron chi connectivity index (χ3n) is 4.23. The van der Waals surface area contributed by atoms with Crippen LogP contribution in [0.25, 0.3) is 10.4 Å². The molecule has 3 aromatic rings. The lowest BCUT2D eigenvalue weighted by Gasteiger charge is -2.07. The van der Waals surface area contributed by atoms with Gasteiger partial charge in [-0.1, -0.05) is 18.2 Å². The molecule has 0 spiro atoms. The van der Waals surface area contributed by atoms with Crippen LogP contribution in [0.2, 0.25) is 0 Å². The molecule has 0 amide bonds. The lowest BCUT2D eigenvalue weighted by atomic mass is 10.1. The molecule has 1 aromatic heterocycles. The first-order valence-electron chi connectivity index (χ1n) is 8.69. The van der Waals surface area contributed by atoms with Gasteiger partial charge >= 0.3 is 5.97 Å². The van der Waals surface area contributed by atoms with Gasteiger partial charge in [-0.15, -0.1) is 11.3 Å². The maximum atomic E-state index is 12.9. The summed E-state index contributed by atoms with van der Waals surface area (Å²) in [6.45, 7) is 4.18. The Balaban J connectivity index is 1.97. The van der Waals surface area contributed by atoms with Crippen molar-refractivity contribution in [2.75, 3.05) is 6.61 Å². The molecule has 0 fully saturated rings. The molecule has 0 saturated carbocycles. The van der Waals surface area contributed by atoms with Gasteiger partial charge in [0, 0.05) is 4.88 Å². The number of hydrogen-bond acceptors (Lipinski definition) is 5. The topological polar surface area (TPSA) is 80.7 Å². The van der Waals surface area contributed by atoms with Crippen LogP contribution in [0.3, 0.4) is 0 Å². The number of rotatable bonds is 7. The molecule has 1 N–H and O–H groups in total. The molecule has 0 saturated heterocycles. The second kappa shape index (κ2) is 8.16. The summed E-state index contributed by atoms with van der Waals surface area (Å²) in [7, 11) is -3.66. The lowest BCUT2D eigenvalue weighted by Crippen LogP contribution is -2.08. The van der Waals surface area contributed by atoms with Crippen LogP contribution in [-0.2, 0) is 15.6 Å². The van der Waals surface area contributed by atoms with Crippen molar-refractivity contribution in [1.82, 2.24) is 0 Å². The molecule has 7 heteroatoms. The van der Waals surface area contributed by atoms with E-state index in [1.165, 1.54) is 0 Å². The summed E-state index contributed by atoms with van der Waals surface area (Å²) in [6.07, 6.45) is 0. The molecule has 0 unspecified atom stereocenters. The first-order chi connectivity index (χ1) is 13.3. The first-order valence-corrected chi connectivity index (χ1v) is 11.2. The van der Waals surface area contributed by atoms with Crippen LogP contribution >= 0.6 is 11.3 Å². The van der Waals surface area contributed by atoms with E-state index >= 15 is 0 Å². The van der Waals surface area contributed by atoms with E-state index in [-0.39, 0.29) is 15.5 Å². The van der Waals surface area contributed by atoms with Gasteiger partial charge in [-0.25, -0.2) is 13.2 Å². The van der Waals surface area contributed by atoms with E-state index in [9.17, 15) is 18.3 Å². The zero-order valence-electron chi connectivity index (χ0n) is 15.5. The second-order valence-electron chi connectivity index (χ2n) is 6.25. The number of sulfone groups is 1. The van der Waals surface area contributed by atoms with Crippen LogP contribution in [0.15, 0.2) is 59.5 Å². The number of benzene rings is 2. The minimum Gasteiger partial charge on any atom is -0.494 e. The van der Waals surface area contributed by atoms with Crippen LogP contribution in [-0.4, -0.2) is 26.1 Å². The SMILES string of the molecule is CCOc1ccc(-c2cc(CS(=O)(=O)c3ccccc3C)c(C(=O)O)s2)cc1. The second-order valence-corrected chi connectivity index (χ2v) is 9.26. The quantitative estimate of drug-likeness (QED) is 0.599. The molecule has 3 rings (SSSR count). The fourth-order valence-electron chi connectivity index (χ4n) is 2.93. The molecule has 0 aliphatic rings. The Morgan fingerprint density at radius 3 is 2.39 bits per heavy atom. The van der Waals surface area contributed by atoms with Gasteiger partial charge in [0.25, 0.3) is 0 Å². The molecule has 146 valence electrons. The van der Waals surface area contributed by atoms with E-state index in [0.29, 0.717) is 22.6 Å². The van der Waals surface area contributed by atoms with Gasteiger partial charge in [-0.2, -0.15) is 0 Å². The fraction of sp³-hybridized carbons (Fsp3) is 0.190. The number of carbonyl (C=O) groups is 1.